The number of ether oxygens (including phenoxy) is 1. The van der Waals surface area contributed by atoms with E-state index in [-0.39, 0.29) is 42.3 Å². The van der Waals surface area contributed by atoms with Crippen LogP contribution in [0.5, 0.6) is 0 Å². The Balaban J connectivity index is 1.73. The van der Waals surface area contributed by atoms with E-state index in [9.17, 15) is 19.7 Å². The van der Waals surface area contributed by atoms with Crippen LogP contribution in [0, 0.1) is 24.0 Å². The molecule has 0 saturated carbocycles. The summed E-state index contributed by atoms with van der Waals surface area (Å²) in [6, 6.07) is 5.35. The Bertz CT molecular complexity index is 886. The fourth-order valence-electron chi connectivity index (χ4n) is 3.02. The summed E-state index contributed by atoms with van der Waals surface area (Å²) in [5.74, 6) is -0.732. The van der Waals surface area contributed by atoms with Gasteiger partial charge in [-0.2, -0.15) is 0 Å². The molecule has 154 valence electrons. The minimum Gasteiger partial charge on any atom is -0.376 e. The second kappa shape index (κ2) is 9.10. The van der Waals surface area contributed by atoms with Crippen molar-refractivity contribution in [3.8, 4) is 0 Å². The van der Waals surface area contributed by atoms with Crippen LogP contribution in [-0.4, -0.2) is 52.4 Å². The standard InChI is InChI=1S/C19H22N4O5S/c1-12-13(2)29-19(20-12)21-17(24)11-22(10-16-4-3-9-28-16)18(25)14-5-7-15(8-6-14)23(26)27/h5-8,16H,3-4,9-11H2,1-2H3,(H,20,21,24). The highest BCUT2D eigenvalue weighted by molar-refractivity contribution is 7.15. The van der Waals surface area contributed by atoms with Crippen molar-refractivity contribution < 1.29 is 19.2 Å². The molecule has 1 atom stereocenters. The molecule has 0 spiro atoms. The molecule has 1 aliphatic rings. The van der Waals surface area contributed by atoms with Crippen LogP contribution in [0.25, 0.3) is 0 Å². The highest BCUT2D eigenvalue weighted by Gasteiger charge is 2.26. The van der Waals surface area contributed by atoms with Gasteiger partial charge in [0.05, 0.1) is 16.7 Å². The normalized spacial score (nSPS) is 15.9. The number of carbonyl (C=O) groups is 2. The van der Waals surface area contributed by atoms with Crippen molar-refractivity contribution in [2.75, 3.05) is 25.0 Å². The van der Waals surface area contributed by atoms with Crippen LogP contribution in [0.1, 0.15) is 33.8 Å². The summed E-state index contributed by atoms with van der Waals surface area (Å²) in [5.41, 5.74) is 1.03. The van der Waals surface area contributed by atoms with Gasteiger partial charge in [0.2, 0.25) is 5.91 Å². The van der Waals surface area contributed by atoms with Crippen LogP contribution in [0.4, 0.5) is 10.8 Å². The molecule has 2 heterocycles. The Hall–Kier alpha value is -2.85. The fourth-order valence-corrected chi connectivity index (χ4v) is 3.85. The van der Waals surface area contributed by atoms with Gasteiger partial charge in [0.1, 0.15) is 6.54 Å². The Morgan fingerprint density at radius 3 is 2.62 bits per heavy atom. The number of non-ortho nitro benzene ring substituents is 1. The van der Waals surface area contributed by atoms with Gasteiger partial charge in [0, 0.05) is 35.7 Å². The number of aromatic nitrogens is 1. The number of benzene rings is 1. The molecule has 9 nitrogen and oxygen atoms in total. The molecule has 10 heteroatoms. The lowest BCUT2D eigenvalue weighted by atomic mass is 10.1. The summed E-state index contributed by atoms with van der Waals surface area (Å²) in [5, 5.41) is 14.1. The second-order valence-electron chi connectivity index (χ2n) is 6.83. The number of nitro benzene ring substituents is 1. The summed E-state index contributed by atoms with van der Waals surface area (Å²) in [6.07, 6.45) is 1.60. The van der Waals surface area contributed by atoms with Gasteiger partial charge in [-0.1, -0.05) is 0 Å². The topological polar surface area (TPSA) is 115 Å². The molecular weight excluding hydrogens is 396 g/mol. The van der Waals surface area contributed by atoms with Crippen LogP contribution < -0.4 is 5.32 Å². The largest absolute Gasteiger partial charge is 0.376 e. The monoisotopic (exact) mass is 418 g/mol. The molecule has 1 N–H and O–H groups in total. The van der Waals surface area contributed by atoms with Crippen molar-refractivity contribution in [3.63, 3.8) is 0 Å². The number of carbonyl (C=O) groups excluding carboxylic acids is 2. The van der Waals surface area contributed by atoms with Crippen molar-refractivity contribution in [1.29, 1.82) is 0 Å². The molecule has 1 saturated heterocycles. The Morgan fingerprint density at radius 1 is 1.34 bits per heavy atom. The van der Waals surface area contributed by atoms with Crippen molar-refractivity contribution in [2.24, 2.45) is 0 Å². The molecule has 1 aromatic heterocycles. The zero-order valence-electron chi connectivity index (χ0n) is 16.2. The third-order valence-corrected chi connectivity index (χ3v) is 5.66. The first-order valence-electron chi connectivity index (χ1n) is 9.22. The summed E-state index contributed by atoms with van der Waals surface area (Å²) < 4.78 is 5.61. The number of rotatable bonds is 7. The van der Waals surface area contributed by atoms with Gasteiger partial charge in [0.15, 0.2) is 5.13 Å². The highest BCUT2D eigenvalue weighted by atomic mass is 32.1. The predicted molar refractivity (Wildman–Crippen MR) is 108 cm³/mol. The van der Waals surface area contributed by atoms with E-state index in [1.807, 2.05) is 13.8 Å². The van der Waals surface area contributed by atoms with Crippen molar-refractivity contribution in [3.05, 3.63) is 50.5 Å². The summed E-state index contributed by atoms with van der Waals surface area (Å²) in [6.45, 7) is 4.54. The SMILES string of the molecule is Cc1nc(NC(=O)CN(CC2CCCO2)C(=O)c2ccc([N+](=O)[O-])cc2)sc1C. The van der Waals surface area contributed by atoms with Gasteiger partial charge in [-0.05, 0) is 38.8 Å². The summed E-state index contributed by atoms with van der Waals surface area (Å²) in [4.78, 5) is 42.5. The first-order chi connectivity index (χ1) is 13.8. The van der Waals surface area contributed by atoms with Crippen LogP contribution in [-0.2, 0) is 9.53 Å². The van der Waals surface area contributed by atoms with Gasteiger partial charge in [-0.15, -0.1) is 11.3 Å². The number of nitro groups is 1. The average molecular weight is 418 g/mol. The van der Waals surface area contributed by atoms with Crippen molar-refractivity contribution in [2.45, 2.75) is 32.8 Å². The molecule has 1 unspecified atom stereocenters. The predicted octanol–water partition coefficient (Wildman–Crippen LogP) is 2.93. The number of amides is 2. The highest BCUT2D eigenvalue weighted by Crippen LogP contribution is 2.21. The molecule has 2 amide bonds. The van der Waals surface area contributed by atoms with Crippen LogP contribution in [0.15, 0.2) is 24.3 Å². The molecule has 2 aromatic rings. The van der Waals surface area contributed by atoms with E-state index < -0.39 is 4.92 Å². The molecule has 1 fully saturated rings. The number of nitrogens with zero attached hydrogens (tertiary/aromatic N) is 3. The molecular formula is C19H22N4O5S. The van der Waals surface area contributed by atoms with Crippen LogP contribution in [0.2, 0.25) is 0 Å². The van der Waals surface area contributed by atoms with E-state index in [0.717, 1.165) is 23.4 Å². The molecule has 1 aromatic carbocycles. The van der Waals surface area contributed by atoms with E-state index in [4.69, 9.17) is 4.74 Å². The Morgan fingerprint density at radius 2 is 2.07 bits per heavy atom. The lowest BCUT2D eigenvalue weighted by Crippen LogP contribution is -2.42. The van der Waals surface area contributed by atoms with Crippen LogP contribution in [0.3, 0.4) is 0 Å². The summed E-state index contributed by atoms with van der Waals surface area (Å²) >= 11 is 1.38. The lowest BCUT2D eigenvalue weighted by molar-refractivity contribution is -0.384. The third-order valence-electron chi connectivity index (χ3n) is 4.67. The fraction of sp³-hybridized carbons (Fsp3) is 0.421. The van der Waals surface area contributed by atoms with Gasteiger partial charge < -0.3 is 15.0 Å². The van der Waals surface area contributed by atoms with Crippen molar-refractivity contribution >= 4 is 34.0 Å². The zero-order valence-corrected chi connectivity index (χ0v) is 17.0. The minimum atomic E-state index is -0.524. The van der Waals surface area contributed by atoms with E-state index in [1.165, 1.54) is 40.5 Å². The molecule has 29 heavy (non-hydrogen) atoms. The number of aryl methyl sites for hydroxylation is 2. The molecule has 1 aliphatic heterocycles. The summed E-state index contributed by atoms with van der Waals surface area (Å²) in [7, 11) is 0. The maximum atomic E-state index is 13.0. The lowest BCUT2D eigenvalue weighted by Gasteiger charge is -2.25. The second-order valence-corrected chi connectivity index (χ2v) is 8.04. The minimum absolute atomic E-state index is 0.0977. The number of anilines is 1. The molecule has 0 radical (unpaired) electrons. The Labute approximate surface area is 171 Å². The van der Waals surface area contributed by atoms with Gasteiger partial charge in [-0.3, -0.25) is 19.7 Å². The van der Waals surface area contributed by atoms with Gasteiger partial charge in [-0.25, -0.2) is 4.98 Å². The van der Waals surface area contributed by atoms with E-state index >= 15 is 0 Å². The molecule has 0 bridgehead atoms. The molecule has 0 aliphatic carbocycles. The molecule has 3 rings (SSSR count). The van der Waals surface area contributed by atoms with Gasteiger partial charge in [0.25, 0.3) is 11.6 Å². The third kappa shape index (κ3) is 5.36. The number of hydrogen-bond donors (Lipinski definition) is 1. The maximum absolute atomic E-state index is 13.0. The average Bonchev–Trinajstić information content (AvgIpc) is 3.30. The number of hydrogen-bond acceptors (Lipinski definition) is 7. The number of nitrogens with one attached hydrogen (secondary N) is 1. The smallest absolute Gasteiger partial charge is 0.269 e. The first-order valence-corrected chi connectivity index (χ1v) is 10.0. The Kier molecular flexibility index (Phi) is 6.55. The van der Waals surface area contributed by atoms with Crippen molar-refractivity contribution in [1.82, 2.24) is 9.88 Å². The van der Waals surface area contributed by atoms with E-state index in [1.54, 1.807) is 0 Å². The zero-order chi connectivity index (χ0) is 21.0. The van der Waals surface area contributed by atoms with Gasteiger partial charge >= 0.3 is 0 Å². The first kappa shape index (κ1) is 20.9. The number of thiazole rings is 1. The van der Waals surface area contributed by atoms with Crippen LogP contribution >= 0.6 is 11.3 Å². The maximum Gasteiger partial charge on any atom is 0.269 e. The quantitative estimate of drug-likeness (QED) is 0.546. The van der Waals surface area contributed by atoms with E-state index in [0.29, 0.717) is 11.7 Å². The van der Waals surface area contributed by atoms with E-state index in [2.05, 4.69) is 10.3 Å².